The molecule has 0 fully saturated rings. The lowest BCUT2D eigenvalue weighted by molar-refractivity contribution is -0.167. The average Bonchev–Trinajstić information content (AvgIpc) is 3.20. The summed E-state index contributed by atoms with van der Waals surface area (Å²) in [6.45, 7) is 13.7. The van der Waals surface area contributed by atoms with Crippen LogP contribution in [-0.4, -0.2) is 37.2 Å². The monoisotopic (exact) mass is 835 g/mol. The van der Waals surface area contributed by atoms with E-state index in [9.17, 15) is 14.4 Å². The van der Waals surface area contributed by atoms with Gasteiger partial charge in [0, 0.05) is 19.3 Å². The Labute approximate surface area is 368 Å². The van der Waals surface area contributed by atoms with Gasteiger partial charge in [-0.05, 0) is 37.0 Å². The maximum atomic E-state index is 12.8. The van der Waals surface area contributed by atoms with Crippen LogP contribution in [-0.2, 0) is 28.6 Å². The highest BCUT2D eigenvalue weighted by atomic mass is 16.6. The highest BCUT2D eigenvalue weighted by Crippen LogP contribution is 2.18. The van der Waals surface area contributed by atoms with Crippen LogP contribution in [0, 0.1) is 17.8 Å². The normalized spacial score (nSPS) is 12.6. The van der Waals surface area contributed by atoms with Crippen LogP contribution in [0.25, 0.3) is 0 Å². The minimum Gasteiger partial charge on any atom is -0.462 e. The second-order valence-corrected chi connectivity index (χ2v) is 19.4. The van der Waals surface area contributed by atoms with E-state index in [1.807, 2.05) is 0 Å². The molecule has 0 rings (SSSR count). The van der Waals surface area contributed by atoms with Gasteiger partial charge in [0.05, 0.1) is 0 Å². The highest BCUT2D eigenvalue weighted by Gasteiger charge is 2.19. The third-order valence-electron chi connectivity index (χ3n) is 12.3. The minimum absolute atomic E-state index is 0.0653. The predicted molar refractivity (Wildman–Crippen MR) is 252 cm³/mol. The summed E-state index contributed by atoms with van der Waals surface area (Å²) in [5.41, 5.74) is 0. The van der Waals surface area contributed by atoms with Crippen LogP contribution in [0.3, 0.4) is 0 Å². The summed E-state index contributed by atoms with van der Waals surface area (Å²) in [4.78, 5) is 37.9. The summed E-state index contributed by atoms with van der Waals surface area (Å²) in [6.07, 6.45) is 43.8. The van der Waals surface area contributed by atoms with Gasteiger partial charge in [-0.25, -0.2) is 0 Å². The number of ether oxygens (including phenoxy) is 3. The van der Waals surface area contributed by atoms with Gasteiger partial charge in [0.25, 0.3) is 0 Å². The third-order valence-corrected chi connectivity index (χ3v) is 12.3. The first-order chi connectivity index (χ1) is 28.6. The number of esters is 3. The van der Waals surface area contributed by atoms with Crippen molar-refractivity contribution in [3.05, 3.63) is 0 Å². The van der Waals surface area contributed by atoms with Gasteiger partial charge in [-0.2, -0.15) is 0 Å². The molecule has 0 saturated carbocycles. The standard InChI is InChI=1S/C53H102O6/c1-7-49(6)41-35-29-22-18-15-16-20-24-32-38-44-53(56)59-50(46-58-52(55)43-37-31-26-25-28-34-40-48(4)5)45-57-51(54)42-36-30-23-19-14-12-10-8-9-11-13-17-21-27-33-39-47(2)3/h47-50H,7-46H2,1-6H3/t49?,50-/m0/s1. The third kappa shape index (κ3) is 45.8. The Kier molecular flexibility index (Phi) is 43.3. The van der Waals surface area contributed by atoms with Gasteiger partial charge < -0.3 is 14.2 Å². The molecule has 0 saturated heterocycles. The minimum atomic E-state index is -0.763. The molecule has 0 radical (unpaired) electrons. The molecular formula is C53H102O6. The number of hydrogen-bond acceptors (Lipinski definition) is 6. The average molecular weight is 835 g/mol. The molecule has 0 heterocycles. The smallest absolute Gasteiger partial charge is 0.306 e. The number of carbonyl (C=O) groups excluding carboxylic acids is 3. The Morgan fingerprint density at radius 3 is 0.881 bits per heavy atom. The first kappa shape index (κ1) is 57.4. The first-order valence-corrected chi connectivity index (χ1v) is 26.1. The van der Waals surface area contributed by atoms with Crippen molar-refractivity contribution in [3.8, 4) is 0 Å². The van der Waals surface area contributed by atoms with Gasteiger partial charge in [0.15, 0.2) is 6.10 Å². The fraction of sp³-hybridized carbons (Fsp3) is 0.943. The highest BCUT2D eigenvalue weighted by molar-refractivity contribution is 5.71. The molecule has 0 amide bonds. The molecule has 0 aliphatic heterocycles. The molecule has 1 unspecified atom stereocenters. The molecule has 6 nitrogen and oxygen atoms in total. The van der Waals surface area contributed by atoms with Crippen LogP contribution in [0.15, 0.2) is 0 Å². The van der Waals surface area contributed by atoms with Crippen molar-refractivity contribution in [3.63, 3.8) is 0 Å². The fourth-order valence-corrected chi connectivity index (χ4v) is 7.91. The van der Waals surface area contributed by atoms with Crippen molar-refractivity contribution in [1.29, 1.82) is 0 Å². The molecule has 0 aromatic carbocycles. The topological polar surface area (TPSA) is 78.9 Å². The molecule has 0 spiro atoms. The summed E-state index contributed by atoms with van der Waals surface area (Å²) < 4.78 is 16.8. The first-order valence-electron chi connectivity index (χ1n) is 26.1. The van der Waals surface area contributed by atoms with E-state index in [0.29, 0.717) is 19.3 Å². The van der Waals surface area contributed by atoms with Crippen LogP contribution in [0.4, 0.5) is 0 Å². The maximum absolute atomic E-state index is 12.8. The molecule has 0 aliphatic rings. The van der Waals surface area contributed by atoms with Crippen LogP contribution in [0.5, 0.6) is 0 Å². The number of hydrogen-bond donors (Lipinski definition) is 0. The predicted octanol–water partition coefficient (Wildman–Crippen LogP) is 16.8. The summed E-state index contributed by atoms with van der Waals surface area (Å²) in [5.74, 6) is 1.62. The van der Waals surface area contributed by atoms with E-state index in [-0.39, 0.29) is 31.1 Å². The van der Waals surface area contributed by atoms with Crippen molar-refractivity contribution >= 4 is 17.9 Å². The van der Waals surface area contributed by atoms with E-state index in [1.54, 1.807) is 0 Å². The van der Waals surface area contributed by atoms with Gasteiger partial charge in [0.1, 0.15) is 13.2 Å². The molecule has 0 N–H and O–H groups in total. The summed E-state index contributed by atoms with van der Waals surface area (Å²) in [5, 5.41) is 0. The van der Waals surface area contributed by atoms with Crippen molar-refractivity contribution in [2.75, 3.05) is 13.2 Å². The van der Waals surface area contributed by atoms with E-state index in [4.69, 9.17) is 14.2 Å². The number of rotatable bonds is 46. The zero-order chi connectivity index (χ0) is 43.4. The van der Waals surface area contributed by atoms with Gasteiger partial charge in [-0.3, -0.25) is 14.4 Å². The van der Waals surface area contributed by atoms with Crippen molar-refractivity contribution in [2.24, 2.45) is 17.8 Å². The van der Waals surface area contributed by atoms with Crippen LogP contribution < -0.4 is 0 Å². The molecule has 0 aliphatic carbocycles. The lowest BCUT2D eigenvalue weighted by atomic mass is 9.99. The largest absolute Gasteiger partial charge is 0.462 e. The summed E-state index contributed by atoms with van der Waals surface area (Å²) in [6, 6.07) is 0. The van der Waals surface area contributed by atoms with E-state index < -0.39 is 6.10 Å². The second kappa shape index (κ2) is 44.5. The van der Waals surface area contributed by atoms with Gasteiger partial charge in [0.2, 0.25) is 0 Å². The van der Waals surface area contributed by atoms with Gasteiger partial charge >= 0.3 is 17.9 Å². The summed E-state index contributed by atoms with van der Waals surface area (Å²) >= 11 is 0. The summed E-state index contributed by atoms with van der Waals surface area (Å²) in [7, 11) is 0. The fourth-order valence-electron chi connectivity index (χ4n) is 7.91. The maximum Gasteiger partial charge on any atom is 0.306 e. The lowest BCUT2D eigenvalue weighted by Crippen LogP contribution is -2.30. The molecule has 350 valence electrons. The van der Waals surface area contributed by atoms with Crippen LogP contribution in [0.1, 0.15) is 286 Å². The second-order valence-electron chi connectivity index (χ2n) is 19.4. The SMILES string of the molecule is CCC(C)CCCCCCCCCCCCC(=O)O[C@@H](COC(=O)CCCCCCCCCCCCCCCCCC(C)C)COC(=O)CCCCCCCCC(C)C. The Morgan fingerprint density at radius 2 is 0.593 bits per heavy atom. The molecule has 0 bridgehead atoms. The van der Waals surface area contributed by atoms with E-state index >= 15 is 0 Å². The lowest BCUT2D eigenvalue weighted by Gasteiger charge is -2.18. The Balaban J connectivity index is 4.25. The Hall–Kier alpha value is -1.59. The molecular weight excluding hydrogens is 733 g/mol. The van der Waals surface area contributed by atoms with Crippen molar-refractivity contribution in [1.82, 2.24) is 0 Å². The van der Waals surface area contributed by atoms with E-state index in [1.165, 1.54) is 167 Å². The van der Waals surface area contributed by atoms with E-state index in [0.717, 1.165) is 75.5 Å². The van der Waals surface area contributed by atoms with E-state index in [2.05, 4.69) is 41.5 Å². The number of unbranched alkanes of at least 4 members (excludes halogenated alkanes) is 28. The zero-order valence-electron chi connectivity index (χ0n) is 40.5. The molecule has 59 heavy (non-hydrogen) atoms. The van der Waals surface area contributed by atoms with Crippen LogP contribution >= 0.6 is 0 Å². The van der Waals surface area contributed by atoms with Crippen LogP contribution in [0.2, 0.25) is 0 Å². The molecule has 2 atom stereocenters. The molecule has 0 aromatic rings. The zero-order valence-corrected chi connectivity index (χ0v) is 40.5. The van der Waals surface area contributed by atoms with Crippen molar-refractivity contribution < 1.29 is 28.6 Å². The van der Waals surface area contributed by atoms with Crippen molar-refractivity contribution in [2.45, 2.75) is 292 Å². The molecule has 0 aromatic heterocycles. The Morgan fingerprint density at radius 1 is 0.339 bits per heavy atom. The van der Waals surface area contributed by atoms with Gasteiger partial charge in [-0.15, -0.1) is 0 Å². The quantitative estimate of drug-likeness (QED) is 0.0345. The molecule has 6 heteroatoms. The Bertz CT molecular complexity index is 916. The number of carbonyl (C=O) groups is 3. The van der Waals surface area contributed by atoms with Gasteiger partial charge in [-0.1, -0.05) is 247 Å².